The lowest BCUT2D eigenvalue weighted by Gasteiger charge is -2.25. The Kier molecular flexibility index (Phi) is 7.67. The van der Waals surface area contributed by atoms with Crippen LogP contribution >= 0.6 is 0 Å². The molecule has 1 unspecified atom stereocenters. The first-order valence-corrected chi connectivity index (χ1v) is 11.8. The molecule has 2 heterocycles. The fourth-order valence-corrected chi connectivity index (χ4v) is 3.97. The summed E-state index contributed by atoms with van der Waals surface area (Å²) in [6.45, 7) is 11.6. The molecular formula is C26H36N6O3. The molecule has 35 heavy (non-hydrogen) atoms. The number of carbonyl (C=O) groups is 2. The maximum Gasteiger partial charge on any atom is 0.415 e. The molecule has 0 saturated heterocycles. The number of carbonyl (C=O) groups excluding carboxylic acids is 2. The Bertz CT molecular complexity index is 1230. The maximum atomic E-state index is 12.8. The van der Waals surface area contributed by atoms with E-state index in [0.717, 1.165) is 28.6 Å². The van der Waals surface area contributed by atoms with Crippen molar-refractivity contribution in [2.45, 2.75) is 66.2 Å². The number of nitrogens with zero attached hydrogens (tertiary/aromatic N) is 4. The van der Waals surface area contributed by atoms with Gasteiger partial charge in [0, 0.05) is 33.1 Å². The summed E-state index contributed by atoms with van der Waals surface area (Å²) in [6.07, 6.45) is 1.97. The molecule has 1 atom stereocenters. The van der Waals surface area contributed by atoms with E-state index >= 15 is 0 Å². The average molecular weight is 481 g/mol. The smallest absolute Gasteiger partial charge is 0.415 e. The fraction of sp³-hybridized carbons (Fsp3) is 0.462. The number of amides is 2. The van der Waals surface area contributed by atoms with Gasteiger partial charge in [-0.05, 0) is 45.2 Å². The van der Waals surface area contributed by atoms with E-state index in [4.69, 9.17) is 9.72 Å². The van der Waals surface area contributed by atoms with Crippen LogP contribution in [0.1, 0.15) is 64.3 Å². The largest absolute Gasteiger partial charge is 0.443 e. The van der Waals surface area contributed by atoms with E-state index in [1.54, 1.807) is 13.4 Å². The van der Waals surface area contributed by atoms with Crippen LogP contribution in [0.5, 0.6) is 0 Å². The van der Waals surface area contributed by atoms with Crippen LogP contribution in [-0.2, 0) is 29.5 Å². The van der Waals surface area contributed by atoms with Crippen LogP contribution in [0.4, 0.5) is 16.4 Å². The van der Waals surface area contributed by atoms with Crippen molar-refractivity contribution in [1.29, 1.82) is 0 Å². The van der Waals surface area contributed by atoms with Gasteiger partial charge in [0.2, 0.25) is 5.91 Å². The number of pyridine rings is 1. The number of ether oxygens (including phenoxy) is 1. The quantitative estimate of drug-likeness (QED) is 0.508. The monoisotopic (exact) mass is 480 g/mol. The minimum atomic E-state index is -0.627. The second-order valence-corrected chi connectivity index (χ2v) is 9.73. The Morgan fingerprint density at radius 2 is 1.97 bits per heavy atom. The molecule has 1 aromatic carbocycles. The minimum Gasteiger partial charge on any atom is -0.443 e. The van der Waals surface area contributed by atoms with Crippen molar-refractivity contribution in [1.82, 2.24) is 19.9 Å². The molecule has 0 radical (unpaired) electrons. The van der Waals surface area contributed by atoms with Crippen LogP contribution in [0, 0.1) is 0 Å². The number of aromatic nitrogens is 3. The SMILES string of the molecule is CCc1c(NCc2cccc(C(C)NC(C)=O)c2)nc(N(C)C(=O)OC(C)(C)C)c2ncn(C)c12. The number of imidazole rings is 1. The number of nitrogens with one attached hydrogen (secondary N) is 2. The lowest BCUT2D eigenvalue weighted by molar-refractivity contribution is -0.119. The summed E-state index contributed by atoms with van der Waals surface area (Å²) in [5.74, 6) is 1.06. The van der Waals surface area contributed by atoms with Gasteiger partial charge in [0.1, 0.15) is 16.9 Å². The molecular weight excluding hydrogens is 444 g/mol. The van der Waals surface area contributed by atoms with Gasteiger partial charge in [0.05, 0.1) is 17.9 Å². The summed E-state index contributed by atoms with van der Waals surface area (Å²) in [6, 6.07) is 7.98. The zero-order valence-corrected chi connectivity index (χ0v) is 21.9. The van der Waals surface area contributed by atoms with Crippen molar-refractivity contribution < 1.29 is 14.3 Å². The first kappa shape index (κ1) is 26.0. The van der Waals surface area contributed by atoms with E-state index in [-0.39, 0.29) is 11.9 Å². The van der Waals surface area contributed by atoms with Gasteiger partial charge in [0.25, 0.3) is 0 Å². The highest BCUT2D eigenvalue weighted by Crippen LogP contribution is 2.32. The number of fused-ring (bicyclic) bond motifs is 1. The van der Waals surface area contributed by atoms with E-state index in [0.29, 0.717) is 23.7 Å². The van der Waals surface area contributed by atoms with Crippen molar-refractivity contribution >= 4 is 34.7 Å². The Labute approximate surface area is 206 Å². The van der Waals surface area contributed by atoms with Crippen molar-refractivity contribution in [3.8, 4) is 0 Å². The molecule has 188 valence electrons. The molecule has 0 fully saturated rings. The maximum absolute atomic E-state index is 12.8. The third-order valence-corrected chi connectivity index (χ3v) is 5.61. The van der Waals surface area contributed by atoms with Gasteiger partial charge in [-0.25, -0.2) is 14.8 Å². The van der Waals surface area contributed by atoms with E-state index in [2.05, 4.69) is 28.6 Å². The number of hydrogen-bond donors (Lipinski definition) is 2. The molecule has 0 spiro atoms. The molecule has 9 nitrogen and oxygen atoms in total. The van der Waals surface area contributed by atoms with Crippen LogP contribution in [-0.4, -0.2) is 39.2 Å². The Morgan fingerprint density at radius 1 is 1.26 bits per heavy atom. The first-order valence-electron chi connectivity index (χ1n) is 11.8. The first-order chi connectivity index (χ1) is 16.4. The molecule has 2 aromatic heterocycles. The average Bonchev–Trinajstić information content (AvgIpc) is 3.16. The molecule has 3 aromatic rings. The highest BCUT2D eigenvalue weighted by Gasteiger charge is 2.26. The third kappa shape index (κ3) is 6.09. The molecule has 0 aliphatic heterocycles. The van der Waals surface area contributed by atoms with Crippen LogP contribution in [0.3, 0.4) is 0 Å². The van der Waals surface area contributed by atoms with E-state index < -0.39 is 11.7 Å². The second-order valence-electron chi connectivity index (χ2n) is 9.73. The molecule has 2 N–H and O–H groups in total. The number of anilines is 2. The Morgan fingerprint density at radius 3 is 2.60 bits per heavy atom. The van der Waals surface area contributed by atoms with Crippen molar-refractivity contribution in [2.24, 2.45) is 7.05 Å². The summed E-state index contributed by atoms with van der Waals surface area (Å²) in [7, 11) is 3.58. The molecule has 2 amide bonds. The highest BCUT2D eigenvalue weighted by atomic mass is 16.6. The van der Waals surface area contributed by atoms with Crippen LogP contribution < -0.4 is 15.5 Å². The van der Waals surface area contributed by atoms with Gasteiger partial charge in [-0.1, -0.05) is 31.2 Å². The predicted octanol–water partition coefficient (Wildman–Crippen LogP) is 4.71. The van der Waals surface area contributed by atoms with Gasteiger partial charge in [-0.3, -0.25) is 9.69 Å². The fourth-order valence-electron chi connectivity index (χ4n) is 3.97. The van der Waals surface area contributed by atoms with Gasteiger partial charge in [0.15, 0.2) is 5.82 Å². The van der Waals surface area contributed by atoms with Crippen LogP contribution in [0.2, 0.25) is 0 Å². The van der Waals surface area contributed by atoms with E-state index in [1.807, 2.05) is 57.5 Å². The number of aryl methyl sites for hydroxylation is 2. The van der Waals surface area contributed by atoms with Crippen molar-refractivity contribution in [3.63, 3.8) is 0 Å². The van der Waals surface area contributed by atoms with Crippen molar-refractivity contribution in [3.05, 3.63) is 47.3 Å². The number of hydrogen-bond acceptors (Lipinski definition) is 6. The number of rotatable bonds is 7. The van der Waals surface area contributed by atoms with Crippen LogP contribution in [0.15, 0.2) is 30.6 Å². The topological polar surface area (TPSA) is 101 Å². The molecule has 0 aliphatic carbocycles. The summed E-state index contributed by atoms with van der Waals surface area (Å²) < 4.78 is 7.51. The summed E-state index contributed by atoms with van der Waals surface area (Å²) in [5.41, 5.74) is 4.03. The summed E-state index contributed by atoms with van der Waals surface area (Å²) >= 11 is 0. The lowest BCUT2D eigenvalue weighted by Crippen LogP contribution is -2.35. The number of benzene rings is 1. The summed E-state index contributed by atoms with van der Waals surface area (Å²) in [5, 5.41) is 6.38. The Balaban J connectivity index is 1.96. The van der Waals surface area contributed by atoms with Gasteiger partial charge < -0.3 is 19.9 Å². The van der Waals surface area contributed by atoms with E-state index in [9.17, 15) is 9.59 Å². The highest BCUT2D eigenvalue weighted by molar-refractivity contribution is 5.99. The third-order valence-electron chi connectivity index (χ3n) is 5.61. The molecule has 0 bridgehead atoms. The standard InChI is InChI=1S/C26H36N6O3/c1-9-20-22-21(28-15-31(22)7)24(32(8)25(34)35-26(4,5)6)30-23(20)27-14-18-11-10-12-19(13-18)16(2)29-17(3)33/h10-13,15-16H,9,14H2,1-8H3,(H,27,30)(H,29,33). The van der Waals surface area contributed by atoms with Gasteiger partial charge in [-0.2, -0.15) is 0 Å². The van der Waals surface area contributed by atoms with Crippen molar-refractivity contribution in [2.75, 3.05) is 17.3 Å². The Hall–Kier alpha value is -3.62. The minimum absolute atomic E-state index is 0.0658. The zero-order chi connectivity index (χ0) is 25.9. The van der Waals surface area contributed by atoms with E-state index in [1.165, 1.54) is 11.8 Å². The normalized spacial score (nSPS) is 12.3. The van der Waals surface area contributed by atoms with Gasteiger partial charge in [-0.15, -0.1) is 0 Å². The zero-order valence-electron chi connectivity index (χ0n) is 21.9. The molecule has 9 heteroatoms. The summed E-state index contributed by atoms with van der Waals surface area (Å²) in [4.78, 5) is 35.0. The molecule has 3 rings (SSSR count). The second kappa shape index (κ2) is 10.3. The predicted molar refractivity (Wildman–Crippen MR) is 139 cm³/mol. The molecule has 0 aliphatic rings. The lowest BCUT2D eigenvalue weighted by atomic mass is 10.0. The molecule has 0 saturated carbocycles. The van der Waals surface area contributed by atoms with Gasteiger partial charge >= 0.3 is 6.09 Å². The van der Waals surface area contributed by atoms with Crippen LogP contribution in [0.25, 0.3) is 11.0 Å².